The number of hydrogen-bond acceptors (Lipinski definition) is 4. The van der Waals surface area contributed by atoms with Gasteiger partial charge in [0.1, 0.15) is 0 Å². The Morgan fingerprint density at radius 3 is 2.24 bits per heavy atom. The Bertz CT molecular complexity index is 1070. The van der Waals surface area contributed by atoms with Crippen LogP contribution >= 0.6 is 12.2 Å². The lowest BCUT2D eigenvalue weighted by Crippen LogP contribution is -2.34. The highest BCUT2D eigenvalue weighted by Crippen LogP contribution is 2.23. The van der Waals surface area contributed by atoms with Crippen LogP contribution in [0.25, 0.3) is 0 Å². The zero-order valence-corrected chi connectivity index (χ0v) is 21.4. The third-order valence-electron chi connectivity index (χ3n) is 4.89. The summed E-state index contributed by atoms with van der Waals surface area (Å²) in [6.07, 6.45) is 0. The molecular weight excluding hydrogens is 458 g/mol. The predicted molar refractivity (Wildman–Crippen MR) is 138 cm³/mol. The van der Waals surface area contributed by atoms with Crippen LogP contribution in [0.15, 0.2) is 47.4 Å². The first-order valence-corrected chi connectivity index (χ1v) is 12.7. The average Bonchev–Trinajstić information content (AvgIpc) is 2.74. The minimum absolute atomic E-state index is 0.0589. The number of benzene rings is 2. The number of hydrogen-bond donors (Lipinski definition) is 4. The van der Waals surface area contributed by atoms with Gasteiger partial charge in [0.05, 0.1) is 4.90 Å². The molecule has 0 aliphatic rings. The summed E-state index contributed by atoms with van der Waals surface area (Å²) < 4.78 is 27.1. The van der Waals surface area contributed by atoms with E-state index in [4.69, 9.17) is 12.2 Å². The molecule has 2 aromatic carbocycles. The van der Waals surface area contributed by atoms with Crippen LogP contribution in [0, 0.1) is 6.92 Å². The standard InChI is InChI=1S/C23H33N5O3S2/c1-6-28(7-2)33(30,31)20-13-8-17(5)21(14-20)27-23(32)24-15-18-9-11-19(12-10-18)26-22(29)25-16(3)4/h8-14,16H,6-7,15H2,1-5H3,(H2,24,27,32)(H2,25,26,29). The molecule has 0 aromatic heterocycles. The van der Waals surface area contributed by atoms with Crippen LogP contribution in [0.1, 0.15) is 38.8 Å². The number of thiocarbonyl (C=S) groups is 1. The van der Waals surface area contributed by atoms with Crippen LogP contribution in [0.4, 0.5) is 16.2 Å². The molecular formula is C23H33N5O3S2. The van der Waals surface area contributed by atoms with Crippen molar-refractivity contribution in [1.29, 1.82) is 0 Å². The van der Waals surface area contributed by atoms with Gasteiger partial charge in [-0.1, -0.05) is 32.0 Å². The molecule has 2 aromatic rings. The summed E-state index contributed by atoms with van der Waals surface area (Å²) in [5.74, 6) is 0. The van der Waals surface area contributed by atoms with E-state index in [9.17, 15) is 13.2 Å². The monoisotopic (exact) mass is 491 g/mol. The van der Waals surface area contributed by atoms with Crippen molar-refractivity contribution in [2.24, 2.45) is 0 Å². The zero-order valence-electron chi connectivity index (χ0n) is 19.7. The molecule has 0 aliphatic heterocycles. The van der Waals surface area contributed by atoms with E-state index in [1.807, 2.05) is 58.9 Å². The third-order valence-corrected chi connectivity index (χ3v) is 7.18. The molecule has 0 atom stereocenters. The molecule has 0 radical (unpaired) electrons. The number of nitrogens with one attached hydrogen (secondary N) is 4. The Morgan fingerprint density at radius 2 is 1.67 bits per heavy atom. The molecule has 10 heteroatoms. The van der Waals surface area contributed by atoms with Crippen molar-refractivity contribution in [3.05, 3.63) is 53.6 Å². The molecule has 0 bridgehead atoms. The van der Waals surface area contributed by atoms with Crippen molar-refractivity contribution in [3.8, 4) is 0 Å². The van der Waals surface area contributed by atoms with E-state index in [2.05, 4.69) is 21.3 Å². The van der Waals surface area contributed by atoms with E-state index in [1.165, 1.54) is 4.31 Å². The average molecular weight is 492 g/mol. The van der Waals surface area contributed by atoms with Crippen LogP contribution in [0.5, 0.6) is 0 Å². The van der Waals surface area contributed by atoms with Crippen LogP contribution in [-0.2, 0) is 16.6 Å². The van der Waals surface area contributed by atoms with Gasteiger partial charge in [0, 0.05) is 37.1 Å². The highest BCUT2D eigenvalue weighted by Gasteiger charge is 2.22. The van der Waals surface area contributed by atoms with Crippen molar-refractivity contribution < 1.29 is 13.2 Å². The Labute approximate surface area is 202 Å². The molecule has 2 amide bonds. The molecule has 0 aliphatic carbocycles. The SMILES string of the molecule is CCN(CC)S(=O)(=O)c1ccc(C)c(NC(=S)NCc2ccc(NC(=O)NC(C)C)cc2)c1. The summed E-state index contributed by atoms with van der Waals surface area (Å²) in [6, 6.07) is 12.2. The first-order valence-electron chi connectivity index (χ1n) is 10.9. The highest BCUT2D eigenvalue weighted by atomic mass is 32.2. The van der Waals surface area contributed by atoms with E-state index in [1.54, 1.807) is 18.2 Å². The highest BCUT2D eigenvalue weighted by molar-refractivity contribution is 7.89. The topological polar surface area (TPSA) is 103 Å². The molecule has 0 spiro atoms. The van der Waals surface area contributed by atoms with Gasteiger partial charge in [0.2, 0.25) is 10.0 Å². The van der Waals surface area contributed by atoms with Gasteiger partial charge in [-0.05, 0) is 68.4 Å². The summed E-state index contributed by atoms with van der Waals surface area (Å²) in [5.41, 5.74) is 3.19. The first kappa shape index (κ1) is 26.6. The number of amides is 2. The van der Waals surface area contributed by atoms with Crippen molar-refractivity contribution >= 4 is 44.8 Å². The number of carbonyl (C=O) groups is 1. The second-order valence-corrected chi connectivity index (χ2v) is 10.2. The number of urea groups is 1. The summed E-state index contributed by atoms with van der Waals surface area (Å²) >= 11 is 5.40. The summed E-state index contributed by atoms with van der Waals surface area (Å²) in [4.78, 5) is 12.0. The van der Waals surface area contributed by atoms with Gasteiger partial charge in [0.25, 0.3) is 0 Å². The van der Waals surface area contributed by atoms with Gasteiger partial charge < -0.3 is 21.3 Å². The predicted octanol–water partition coefficient (Wildman–Crippen LogP) is 4.04. The number of nitrogens with zero attached hydrogens (tertiary/aromatic N) is 1. The smallest absolute Gasteiger partial charge is 0.319 e. The first-order chi connectivity index (χ1) is 15.6. The molecule has 8 nitrogen and oxygen atoms in total. The maximum Gasteiger partial charge on any atom is 0.319 e. The molecule has 4 N–H and O–H groups in total. The lowest BCUT2D eigenvalue weighted by atomic mass is 10.2. The maximum absolute atomic E-state index is 12.8. The second-order valence-electron chi connectivity index (χ2n) is 7.82. The Morgan fingerprint density at radius 1 is 1.03 bits per heavy atom. The lowest BCUT2D eigenvalue weighted by molar-refractivity contribution is 0.250. The normalized spacial score (nSPS) is 11.4. The van der Waals surface area contributed by atoms with Crippen molar-refractivity contribution in [3.63, 3.8) is 0 Å². The number of rotatable bonds is 9. The minimum Gasteiger partial charge on any atom is -0.358 e. The van der Waals surface area contributed by atoms with Crippen LogP contribution in [0.2, 0.25) is 0 Å². The fourth-order valence-electron chi connectivity index (χ4n) is 3.09. The van der Waals surface area contributed by atoms with E-state index in [-0.39, 0.29) is 17.0 Å². The largest absolute Gasteiger partial charge is 0.358 e. The molecule has 0 saturated heterocycles. The van der Waals surface area contributed by atoms with E-state index in [0.717, 1.165) is 11.1 Å². The van der Waals surface area contributed by atoms with E-state index in [0.29, 0.717) is 36.1 Å². The van der Waals surface area contributed by atoms with Gasteiger partial charge in [0.15, 0.2) is 5.11 Å². The second kappa shape index (κ2) is 12.0. The molecule has 33 heavy (non-hydrogen) atoms. The van der Waals surface area contributed by atoms with Gasteiger partial charge in [-0.2, -0.15) is 4.31 Å². The quantitative estimate of drug-likeness (QED) is 0.395. The fourth-order valence-corrected chi connectivity index (χ4v) is 4.76. The molecule has 0 heterocycles. The van der Waals surface area contributed by atoms with Crippen molar-refractivity contribution in [2.45, 2.75) is 52.1 Å². The van der Waals surface area contributed by atoms with Crippen LogP contribution in [-0.4, -0.2) is 43.0 Å². The number of aryl methyl sites for hydroxylation is 1. The molecule has 0 saturated carbocycles. The van der Waals surface area contributed by atoms with Crippen LogP contribution in [0.3, 0.4) is 0 Å². The lowest BCUT2D eigenvalue weighted by Gasteiger charge is -2.20. The van der Waals surface area contributed by atoms with E-state index >= 15 is 0 Å². The number of anilines is 2. The number of sulfonamides is 1. The van der Waals surface area contributed by atoms with Gasteiger partial charge >= 0.3 is 6.03 Å². The van der Waals surface area contributed by atoms with E-state index < -0.39 is 10.0 Å². The van der Waals surface area contributed by atoms with Gasteiger partial charge in [-0.15, -0.1) is 0 Å². The van der Waals surface area contributed by atoms with Gasteiger partial charge in [-0.3, -0.25) is 0 Å². The zero-order chi connectivity index (χ0) is 24.6. The minimum atomic E-state index is -3.56. The Kier molecular flexibility index (Phi) is 9.63. The van der Waals surface area contributed by atoms with Crippen molar-refractivity contribution in [1.82, 2.24) is 14.9 Å². The Hall–Kier alpha value is -2.69. The molecule has 0 unspecified atom stereocenters. The molecule has 2 rings (SSSR count). The summed E-state index contributed by atoms with van der Waals surface area (Å²) in [5, 5.41) is 12.2. The maximum atomic E-state index is 12.8. The van der Waals surface area contributed by atoms with Crippen molar-refractivity contribution in [2.75, 3.05) is 23.7 Å². The third kappa shape index (κ3) is 7.69. The summed E-state index contributed by atoms with van der Waals surface area (Å²) in [7, 11) is -3.56. The Balaban J connectivity index is 1.99. The van der Waals surface area contributed by atoms with Gasteiger partial charge in [-0.25, -0.2) is 13.2 Å². The number of carbonyl (C=O) groups excluding carboxylic acids is 1. The fraction of sp³-hybridized carbons (Fsp3) is 0.391. The summed E-state index contributed by atoms with van der Waals surface area (Å²) in [6.45, 7) is 10.6. The molecule has 0 fully saturated rings. The van der Waals surface area contributed by atoms with Crippen LogP contribution < -0.4 is 21.3 Å². The molecule has 180 valence electrons.